The van der Waals surface area contributed by atoms with Gasteiger partial charge in [-0.3, -0.25) is 24.5 Å². The molecule has 3 N–H and O–H groups in total. The molecule has 0 saturated carbocycles. The molecule has 272 valence electrons. The summed E-state index contributed by atoms with van der Waals surface area (Å²) in [4.78, 5) is 36.4. The number of amides is 2. The second-order valence-corrected chi connectivity index (χ2v) is 14.2. The first-order valence-corrected chi connectivity index (χ1v) is 18.0. The van der Waals surface area contributed by atoms with Crippen molar-refractivity contribution >= 4 is 34.5 Å². The van der Waals surface area contributed by atoms with E-state index in [9.17, 15) is 9.59 Å². The van der Waals surface area contributed by atoms with Crippen molar-refractivity contribution in [1.82, 2.24) is 30.2 Å². The van der Waals surface area contributed by atoms with Crippen LogP contribution in [0.5, 0.6) is 11.5 Å². The number of methoxy groups -OCH3 is 2. The normalized spacial score (nSPS) is 20.9. The van der Waals surface area contributed by atoms with Crippen LogP contribution in [0, 0.1) is 0 Å². The summed E-state index contributed by atoms with van der Waals surface area (Å²) in [5, 5.41) is 13.5. The summed E-state index contributed by atoms with van der Waals surface area (Å²) in [6.07, 6.45) is 8.15. The number of ether oxygens (including phenoxy) is 2. The molecule has 4 aliphatic rings. The smallest absolute Gasteiger partial charge is 0.259 e. The number of benzene rings is 2. The molecule has 2 amide bonds. The van der Waals surface area contributed by atoms with Crippen molar-refractivity contribution < 1.29 is 19.1 Å². The molecule has 0 bridgehead atoms. The van der Waals surface area contributed by atoms with Crippen molar-refractivity contribution in [2.24, 2.45) is 4.99 Å². The Labute approximate surface area is 305 Å². The number of aromatic nitrogens is 2. The first-order valence-electron chi connectivity index (χ1n) is 18.0. The van der Waals surface area contributed by atoms with Crippen LogP contribution in [-0.2, 0) is 16.1 Å². The highest BCUT2D eigenvalue weighted by Crippen LogP contribution is 2.40. The minimum Gasteiger partial charge on any atom is -0.496 e. The van der Waals surface area contributed by atoms with Gasteiger partial charge in [0.05, 0.1) is 43.9 Å². The van der Waals surface area contributed by atoms with Gasteiger partial charge in [0.2, 0.25) is 5.91 Å². The molecule has 3 aromatic rings. The zero-order chi connectivity index (χ0) is 36.4. The van der Waals surface area contributed by atoms with Crippen molar-refractivity contribution in [2.75, 3.05) is 59.3 Å². The van der Waals surface area contributed by atoms with Crippen LogP contribution in [0.3, 0.4) is 0 Å². The second-order valence-electron chi connectivity index (χ2n) is 14.2. The van der Waals surface area contributed by atoms with Gasteiger partial charge in [-0.2, -0.15) is 5.10 Å². The zero-order valence-corrected chi connectivity index (χ0v) is 30.3. The maximum absolute atomic E-state index is 13.1. The minimum atomic E-state index is -0.237. The molecule has 52 heavy (non-hydrogen) atoms. The van der Waals surface area contributed by atoms with E-state index in [2.05, 4.69) is 73.0 Å². The van der Waals surface area contributed by atoms with Crippen molar-refractivity contribution in [3.63, 3.8) is 0 Å². The Hall–Kier alpha value is -5.20. The van der Waals surface area contributed by atoms with Crippen LogP contribution in [0.15, 0.2) is 72.6 Å². The number of hydrogen-bond donors (Lipinski definition) is 3. The van der Waals surface area contributed by atoms with E-state index in [1.807, 2.05) is 36.5 Å². The number of nitrogens with zero attached hydrogens (tertiary/aromatic N) is 5. The molecule has 0 radical (unpaired) electrons. The van der Waals surface area contributed by atoms with Crippen LogP contribution in [0.25, 0.3) is 11.3 Å². The molecule has 1 aromatic heterocycles. The molecule has 5 heterocycles. The standard InChI is InChI=1S/C40H48N8O4/c1-25-6-11-35(40(50)42-25)43-30-9-7-27(8-10-30)28-12-15-47(16-13-28)24-38(49)44-31-14-17-48(21-31)23-34-36(51-4)18-29(19-37(34)52-5)33-22-46(3)26(2)39-32(33)20-41-45-39/h7-10,18-20,22,28,35,43H,1-2,6,11-17,21,23-24H2,3-5H3,(H,41,45)(H,42,50). The van der Waals surface area contributed by atoms with Gasteiger partial charge in [0.25, 0.3) is 5.91 Å². The van der Waals surface area contributed by atoms with E-state index in [1.54, 1.807) is 14.2 Å². The Bertz CT molecular complexity index is 1900. The highest BCUT2D eigenvalue weighted by atomic mass is 16.5. The van der Waals surface area contributed by atoms with Crippen molar-refractivity contribution in [1.29, 1.82) is 0 Å². The first kappa shape index (κ1) is 35.2. The minimum absolute atomic E-state index is 0.0239. The van der Waals surface area contributed by atoms with Gasteiger partial charge in [-0.15, -0.1) is 0 Å². The third-order valence-corrected chi connectivity index (χ3v) is 10.7. The number of aromatic amines is 1. The average Bonchev–Trinajstić information content (AvgIpc) is 3.82. The lowest BCUT2D eigenvalue weighted by Gasteiger charge is -2.31. The Kier molecular flexibility index (Phi) is 10.3. The topological polar surface area (TPSA) is 127 Å². The summed E-state index contributed by atoms with van der Waals surface area (Å²) in [6, 6.07) is 12.3. The molecular formula is C40H48N8O4. The maximum Gasteiger partial charge on any atom is 0.259 e. The number of allylic oxidation sites excluding steroid dienone is 1. The number of carbonyl (C=O) groups excluding carboxylic acids is 2. The van der Waals surface area contributed by atoms with Gasteiger partial charge in [0, 0.05) is 61.1 Å². The molecule has 0 aliphatic carbocycles. The lowest BCUT2D eigenvalue weighted by molar-refractivity contribution is -0.122. The van der Waals surface area contributed by atoms with Gasteiger partial charge in [0.1, 0.15) is 17.5 Å². The zero-order valence-electron chi connectivity index (χ0n) is 30.3. The average molecular weight is 705 g/mol. The van der Waals surface area contributed by atoms with E-state index < -0.39 is 0 Å². The third-order valence-electron chi connectivity index (χ3n) is 10.7. The molecule has 3 fully saturated rings. The summed E-state index contributed by atoms with van der Waals surface area (Å²) < 4.78 is 11.8. The first-order chi connectivity index (χ1) is 25.2. The largest absolute Gasteiger partial charge is 0.496 e. The number of aliphatic imine (C=N–C) groups is 1. The summed E-state index contributed by atoms with van der Waals surface area (Å²) in [5.74, 6) is 1.83. The molecule has 1 unspecified atom stereocenters. The van der Waals surface area contributed by atoms with E-state index in [0.29, 0.717) is 25.6 Å². The van der Waals surface area contributed by atoms with Gasteiger partial charge in [-0.05, 0) is 86.5 Å². The van der Waals surface area contributed by atoms with Crippen LogP contribution in [0.1, 0.15) is 66.0 Å². The number of fused-ring (bicyclic) bond motifs is 1. The van der Waals surface area contributed by atoms with E-state index >= 15 is 0 Å². The predicted molar refractivity (Wildman–Crippen MR) is 203 cm³/mol. The highest BCUT2D eigenvalue weighted by Gasteiger charge is 2.28. The van der Waals surface area contributed by atoms with Gasteiger partial charge < -0.3 is 25.0 Å². The fourth-order valence-corrected chi connectivity index (χ4v) is 7.70. The van der Waals surface area contributed by atoms with E-state index in [1.165, 1.54) is 5.56 Å². The van der Waals surface area contributed by atoms with E-state index in [0.717, 1.165) is 114 Å². The van der Waals surface area contributed by atoms with Crippen LogP contribution in [0.2, 0.25) is 0 Å². The summed E-state index contributed by atoms with van der Waals surface area (Å²) in [5.41, 5.74) is 9.59. The lowest BCUT2D eigenvalue weighted by Crippen LogP contribution is -2.43. The molecule has 4 aliphatic heterocycles. The Balaban J connectivity index is 0.913. The molecule has 1 atom stereocenters. The molecule has 7 rings (SSSR count). The van der Waals surface area contributed by atoms with Gasteiger partial charge in [0.15, 0.2) is 0 Å². The Morgan fingerprint density at radius 2 is 1.75 bits per heavy atom. The van der Waals surface area contributed by atoms with E-state index in [-0.39, 0.29) is 17.9 Å². The van der Waals surface area contributed by atoms with Crippen molar-refractivity contribution in [3.05, 3.63) is 95.6 Å². The van der Waals surface area contributed by atoms with Crippen LogP contribution >= 0.6 is 0 Å². The SMILES string of the molecule is C=C1CCC(Nc2ccc(C3CCN(CC(=O)N=C4CCN(Cc5c(OC)cc(C6=CN(C)C(=C)c7[nH]ncc76)cc5OC)C4)CC3)cc2)C(=O)N1. The highest BCUT2D eigenvalue weighted by molar-refractivity contribution is 5.98. The molecule has 0 spiro atoms. The lowest BCUT2D eigenvalue weighted by atomic mass is 9.89. The summed E-state index contributed by atoms with van der Waals surface area (Å²) in [7, 11) is 5.33. The van der Waals surface area contributed by atoms with Gasteiger partial charge >= 0.3 is 0 Å². The molecule has 12 nitrogen and oxygen atoms in total. The second kappa shape index (κ2) is 15.2. The maximum atomic E-state index is 13.1. The number of carbonyl (C=O) groups is 2. The fourth-order valence-electron chi connectivity index (χ4n) is 7.70. The third kappa shape index (κ3) is 7.54. The van der Waals surface area contributed by atoms with Crippen LogP contribution < -0.4 is 20.1 Å². The number of nitrogens with one attached hydrogen (secondary N) is 3. The Morgan fingerprint density at radius 3 is 2.44 bits per heavy atom. The number of anilines is 1. The quantitative estimate of drug-likeness (QED) is 0.268. The number of likely N-dealkylation sites (tertiary alicyclic amines) is 2. The number of hydrogen-bond acceptors (Lipinski definition) is 9. The number of rotatable bonds is 10. The predicted octanol–water partition coefficient (Wildman–Crippen LogP) is 4.99. The molecule has 12 heteroatoms. The number of H-pyrrole nitrogens is 1. The van der Waals surface area contributed by atoms with Crippen molar-refractivity contribution in [3.8, 4) is 11.5 Å². The summed E-state index contributed by atoms with van der Waals surface area (Å²) in [6.45, 7) is 12.1. The Morgan fingerprint density at radius 1 is 1.02 bits per heavy atom. The van der Waals surface area contributed by atoms with Crippen LogP contribution in [-0.4, -0.2) is 102 Å². The monoisotopic (exact) mass is 704 g/mol. The fraction of sp³-hybridized carbons (Fsp3) is 0.400. The number of piperidine rings is 2. The van der Waals surface area contributed by atoms with E-state index in [4.69, 9.17) is 9.47 Å². The van der Waals surface area contributed by atoms with Crippen LogP contribution in [0.4, 0.5) is 5.69 Å². The molecular weight excluding hydrogens is 656 g/mol. The van der Waals surface area contributed by atoms with Crippen molar-refractivity contribution in [2.45, 2.75) is 50.6 Å². The van der Waals surface area contributed by atoms with Gasteiger partial charge in [-0.25, -0.2) is 4.99 Å². The molecule has 2 aromatic carbocycles. The molecule has 3 saturated heterocycles. The van der Waals surface area contributed by atoms with Gasteiger partial charge in [-0.1, -0.05) is 25.3 Å². The summed E-state index contributed by atoms with van der Waals surface area (Å²) >= 11 is 0.